The number of nitrogens with one attached hydrogen (secondary N) is 1. The van der Waals surface area contributed by atoms with Gasteiger partial charge in [-0.3, -0.25) is 4.79 Å². The molecule has 418 valence electrons. The second-order valence-electron chi connectivity index (χ2n) is 20.7. The molecule has 0 saturated carbocycles. The van der Waals surface area contributed by atoms with Crippen molar-refractivity contribution in [3.63, 3.8) is 0 Å². The Morgan fingerprint density at radius 3 is 0.959 bits per heavy atom. The van der Waals surface area contributed by atoms with Gasteiger partial charge in [0, 0.05) is 6.42 Å². The summed E-state index contributed by atoms with van der Waals surface area (Å²) in [5.41, 5.74) is 0. The average molecular weight is 1010 g/mol. The summed E-state index contributed by atoms with van der Waals surface area (Å²) in [5.74, 6) is -0.0781. The van der Waals surface area contributed by atoms with Crippen molar-refractivity contribution in [2.75, 3.05) is 6.61 Å². The quantitative estimate of drug-likeness (QED) is 0.0420. The molecular weight excluding hydrogens is 891 g/mol. The highest BCUT2D eigenvalue weighted by Gasteiger charge is 2.18. The number of hydrogen-bond donors (Lipinski definition) is 3. The Morgan fingerprint density at radius 2 is 0.616 bits per heavy atom. The number of allylic oxidation sites excluding steroid dienone is 19. The molecule has 2 atom stereocenters. The SMILES string of the molecule is CC/C=C\C/C=C\C/C=C\C/C=C\C/C=C\C/C=C\C/C=C\C/C=C\CCCCCCCCCCCCCCC(=O)NC(CO)C(O)/C=C/CC/C=C/CCCCCCCCCCCCCCCCCCCC. The Morgan fingerprint density at radius 1 is 0.342 bits per heavy atom. The lowest BCUT2D eigenvalue weighted by atomic mass is 10.0. The van der Waals surface area contributed by atoms with E-state index in [4.69, 9.17) is 0 Å². The number of carbonyl (C=O) groups excluding carboxylic acids is 1. The van der Waals surface area contributed by atoms with Crippen molar-refractivity contribution in [3.05, 3.63) is 122 Å². The maximum atomic E-state index is 12.5. The third-order valence-corrected chi connectivity index (χ3v) is 13.7. The van der Waals surface area contributed by atoms with Crippen LogP contribution in [0.4, 0.5) is 0 Å². The highest BCUT2D eigenvalue weighted by molar-refractivity contribution is 5.76. The lowest BCUT2D eigenvalue weighted by Gasteiger charge is -2.19. The van der Waals surface area contributed by atoms with Crippen molar-refractivity contribution >= 4 is 5.91 Å². The monoisotopic (exact) mass is 1010 g/mol. The van der Waals surface area contributed by atoms with Gasteiger partial charge < -0.3 is 15.5 Å². The van der Waals surface area contributed by atoms with Crippen LogP contribution in [0.3, 0.4) is 0 Å². The van der Waals surface area contributed by atoms with Gasteiger partial charge in [0.1, 0.15) is 0 Å². The summed E-state index contributed by atoms with van der Waals surface area (Å²) in [6, 6.07) is -0.649. The molecule has 0 spiro atoms. The number of aliphatic hydroxyl groups excluding tert-OH is 2. The number of unbranched alkanes of at least 4 members (excludes halogenated alkanes) is 31. The molecule has 0 aliphatic carbocycles. The van der Waals surface area contributed by atoms with Crippen LogP contribution in [-0.2, 0) is 4.79 Å². The lowest BCUT2D eigenvalue weighted by molar-refractivity contribution is -0.123. The minimum Gasteiger partial charge on any atom is -0.394 e. The fourth-order valence-corrected chi connectivity index (χ4v) is 8.98. The van der Waals surface area contributed by atoms with E-state index in [2.05, 4.69) is 129 Å². The molecule has 0 saturated heterocycles. The van der Waals surface area contributed by atoms with Crippen LogP contribution in [0.1, 0.15) is 290 Å². The van der Waals surface area contributed by atoms with Gasteiger partial charge in [-0.2, -0.15) is 0 Å². The Bertz CT molecular complexity index is 1420. The molecule has 3 N–H and O–H groups in total. The molecule has 0 bridgehead atoms. The molecule has 0 heterocycles. The summed E-state index contributed by atoms with van der Waals surface area (Å²) in [7, 11) is 0. The maximum Gasteiger partial charge on any atom is 0.220 e. The predicted octanol–water partition coefficient (Wildman–Crippen LogP) is 21.2. The van der Waals surface area contributed by atoms with Crippen molar-refractivity contribution in [1.82, 2.24) is 5.32 Å². The molecule has 0 fully saturated rings. The van der Waals surface area contributed by atoms with E-state index >= 15 is 0 Å². The molecule has 0 aliphatic heterocycles. The summed E-state index contributed by atoms with van der Waals surface area (Å²) in [4.78, 5) is 12.5. The van der Waals surface area contributed by atoms with E-state index in [0.717, 1.165) is 83.5 Å². The average Bonchev–Trinajstić information content (AvgIpc) is 3.40. The number of aliphatic hydroxyl groups is 2. The van der Waals surface area contributed by atoms with Crippen molar-refractivity contribution < 1.29 is 15.0 Å². The lowest BCUT2D eigenvalue weighted by Crippen LogP contribution is -2.45. The van der Waals surface area contributed by atoms with E-state index < -0.39 is 12.1 Å². The molecule has 1 amide bonds. The summed E-state index contributed by atoms with van der Waals surface area (Å²) in [6.45, 7) is 4.20. The zero-order valence-electron chi connectivity index (χ0n) is 48.1. The van der Waals surface area contributed by atoms with E-state index in [1.165, 1.54) is 186 Å². The van der Waals surface area contributed by atoms with Gasteiger partial charge in [-0.05, 0) is 96.3 Å². The fourth-order valence-electron chi connectivity index (χ4n) is 8.98. The van der Waals surface area contributed by atoms with Crippen LogP contribution in [0.5, 0.6) is 0 Å². The molecule has 0 aromatic rings. The molecule has 2 unspecified atom stereocenters. The molecule has 73 heavy (non-hydrogen) atoms. The largest absolute Gasteiger partial charge is 0.394 e. The molecule has 0 aromatic heterocycles. The van der Waals surface area contributed by atoms with Gasteiger partial charge in [0.2, 0.25) is 5.91 Å². The van der Waals surface area contributed by atoms with Gasteiger partial charge in [-0.1, -0.05) is 309 Å². The van der Waals surface area contributed by atoms with E-state index in [0.29, 0.717) is 6.42 Å². The van der Waals surface area contributed by atoms with Gasteiger partial charge >= 0.3 is 0 Å². The first-order valence-corrected chi connectivity index (χ1v) is 31.2. The highest BCUT2D eigenvalue weighted by atomic mass is 16.3. The maximum absolute atomic E-state index is 12.5. The van der Waals surface area contributed by atoms with Crippen LogP contribution in [0.2, 0.25) is 0 Å². The van der Waals surface area contributed by atoms with Crippen LogP contribution in [0.25, 0.3) is 0 Å². The summed E-state index contributed by atoms with van der Waals surface area (Å²) >= 11 is 0. The molecule has 0 rings (SSSR count). The summed E-state index contributed by atoms with van der Waals surface area (Å²) < 4.78 is 0. The predicted molar refractivity (Wildman–Crippen MR) is 326 cm³/mol. The smallest absolute Gasteiger partial charge is 0.220 e. The van der Waals surface area contributed by atoms with Gasteiger partial charge in [-0.25, -0.2) is 0 Å². The third kappa shape index (κ3) is 59.5. The molecule has 4 heteroatoms. The molecule has 4 nitrogen and oxygen atoms in total. The number of amides is 1. The third-order valence-electron chi connectivity index (χ3n) is 13.7. The van der Waals surface area contributed by atoms with Crippen molar-refractivity contribution in [3.8, 4) is 0 Å². The summed E-state index contributed by atoms with van der Waals surface area (Å²) in [5, 5.41) is 23.2. The molecule has 0 aliphatic rings. The topological polar surface area (TPSA) is 69.6 Å². The van der Waals surface area contributed by atoms with Gasteiger partial charge in [0.05, 0.1) is 18.8 Å². The standard InChI is InChI=1S/C69H119NO3/c1-3-5-7-9-11-13-15-17-19-21-23-25-27-29-30-31-32-33-34-35-36-37-38-39-40-41-43-45-47-49-51-53-55-57-59-61-63-65-69(73)70-67(66-71)68(72)64-62-60-58-56-54-52-50-48-46-44-42-28-26-24-22-20-18-16-14-12-10-8-6-4-2/h5,7,11,13,17,19,23,25,29-30,32-33,35-36,38-39,54,56,62,64,67-68,71-72H,3-4,6,8-10,12,14-16,18,20-22,24,26-28,31,34,37,40-53,55,57-61,63,65-66H2,1-2H3,(H,70,73)/b7-5-,13-11-,19-17-,25-23-,30-29-,33-32-,36-35-,39-38-,56-54+,64-62+. The zero-order chi connectivity index (χ0) is 52.7. The number of hydrogen-bond acceptors (Lipinski definition) is 3. The van der Waals surface area contributed by atoms with Crippen LogP contribution >= 0.6 is 0 Å². The van der Waals surface area contributed by atoms with Crippen LogP contribution < -0.4 is 5.32 Å². The first-order chi connectivity index (χ1) is 36.2. The van der Waals surface area contributed by atoms with Crippen LogP contribution in [0, 0.1) is 0 Å². The van der Waals surface area contributed by atoms with Crippen molar-refractivity contribution in [2.45, 2.75) is 302 Å². The van der Waals surface area contributed by atoms with Crippen LogP contribution in [0.15, 0.2) is 122 Å². The minimum absolute atomic E-state index is 0.0781. The van der Waals surface area contributed by atoms with E-state index in [1.807, 2.05) is 6.08 Å². The summed E-state index contributed by atoms with van der Waals surface area (Å²) in [6.07, 6.45) is 96.7. The van der Waals surface area contributed by atoms with Crippen molar-refractivity contribution in [2.24, 2.45) is 0 Å². The number of rotatable bonds is 56. The Kier molecular flexibility index (Phi) is 60.3. The minimum atomic E-state index is -0.871. The second-order valence-corrected chi connectivity index (χ2v) is 20.7. The Labute approximate surface area is 454 Å². The first-order valence-electron chi connectivity index (χ1n) is 31.2. The normalized spacial score (nSPS) is 13.6. The van der Waals surface area contributed by atoms with Gasteiger partial charge in [0.25, 0.3) is 0 Å². The fraction of sp³-hybridized carbons (Fsp3) is 0.696. The van der Waals surface area contributed by atoms with Gasteiger partial charge in [0.15, 0.2) is 0 Å². The Hall–Kier alpha value is -3.21. The van der Waals surface area contributed by atoms with Gasteiger partial charge in [-0.15, -0.1) is 0 Å². The molecular formula is C69H119NO3. The van der Waals surface area contributed by atoms with Crippen LogP contribution in [-0.4, -0.2) is 34.9 Å². The first kappa shape index (κ1) is 69.8. The van der Waals surface area contributed by atoms with E-state index in [1.54, 1.807) is 6.08 Å². The number of carbonyl (C=O) groups is 1. The Balaban J connectivity index is 3.58. The van der Waals surface area contributed by atoms with E-state index in [-0.39, 0.29) is 12.5 Å². The highest BCUT2D eigenvalue weighted by Crippen LogP contribution is 2.16. The zero-order valence-corrected chi connectivity index (χ0v) is 48.1. The van der Waals surface area contributed by atoms with Crippen molar-refractivity contribution in [1.29, 1.82) is 0 Å². The second kappa shape index (κ2) is 63.1. The molecule has 0 radical (unpaired) electrons. The van der Waals surface area contributed by atoms with E-state index in [9.17, 15) is 15.0 Å². The molecule has 0 aromatic carbocycles.